The molecule has 29 heavy (non-hydrogen) atoms. The van der Waals surface area contributed by atoms with Gasteiger partial charge in [0.2, 0.25) is 0 Å². The lowest BCUT2D eigenvalue weighted by atomic mass is 10.1. The molecule has 160 valence electrons. The SMILES string of the molecule is COC(=O)C(C)NP(O)(=S)OC[C@H]1O[C@@H](n2cc(C)c(=O)[nH]c2=O)C[C@@H]1N=[N+]=[N-]. The molecular formula is C14H21N6O7PS. The van der Waals surface area contributed by atoms with Crippen LogP contribution >= 0.6 is 6.64 Å². The minimum atomic E-state index is -3.58. The third kappa shape index (κ3) is 5.97. The lowest BCUT2D eigenvalue weighted by molar-refractivity contribution is -0.142. The molecular weight excluding hydrogens is 427 g/mol. The first-order valence-electron chi connectivity index (χ1n) is 8.42. The van der Waals surface area contributed by atoms with E-state index < -0.39 is 48.3 Å². The van der Waals surface area contributed by atoms with Gasteiger partial charge in [0.25, 0.3) is 12.2 Å². The first kappa shape index (κ1) is 23.2. The van der Waals surface area contributed by atoms with Gasteiger partial charge in [0.05, 0.1) is 25.9 Å². The summed E-state index contributed by atoms with van der Waals surface area (Å²) in [5, 5.41) is 6.12. The Kier molecular flexibility index (Phi) is 7.72. The zero-order valence-electron chi connectivity index (χ0n) is 15.8. The van der Waals surface area contributed by atoms with Crippen molar-refractivity contribution in [2.75, 3.05) is 13.7 Å². The van der Waals surface area contributed by atoms with Gasteiger partial charge < -0.3 is 18.9 Å². The number of carbonyl (C=O) groups excluding carboxylic acids is 1. The molecule has 1 aromatic heterocycles. The number of nitrogens with one attached hydrogen (secondary N) is 2. The molecule has 1 aliphatic heterocycles. The maximum atomic E-state index is 12.1. The lowest BCUT2D eigenvalue weighted by Gasteiger charge is -2.23. The normalized spacial score (nSPS) is 24.3. The van der Waals surface area contributed by atoms with Crippen LogP contribution in [-0.2, 0) is 30.6 Å². The molecule has 1 aliphatic rings. The van der Waals surface area contributed by atoms with Crippen LogP contribution in [-0.4, -0.2) is 52.3 Å². The number of hydrogen-bond acceptors (Lipinski definition) is 8. The molecule has 5 atom stereocenters. The maximum absolute atomic E-state index is 12.1. The summed E-state index contributed by atoms with van der Waals surface area (Å²) in [5.41, 5.74) is 7.91. The fourth-order valence-corrected chi connectivity index (χ4v) is 4.38. The van der Waals surface area contributed by atoms with Gasteiger partial charge in [-0.15, -0.1) is 0 Å². The molecule has 0 amide bonds. The number of azide groups is 1. The number of aryl methyl sites for hydroxylation is 1. The van der Waals surface area contributed by atoms with Gasteiger partial charge in [-0.2, -0.15) is 0 Å². The Hall–Kier alpha value is -2.05. The minimum absolute atomic E-state index is 0.143. The number of esters is 1. The van der Waals surface area contributed by atoms with E-state index in [-0.39, 0.29) is 13.0 Å². The smallest absolute Gasteiger partial charge is 0.330 e. The molecule has 1 aromatic rings. The molecule has 0 radical (unpaired) electrons. The van der Waals surface area contributed by atoms with E-state index in [1.165, 1.54) is 31.7 Å². The first-order chi connectivity index (χ1) is 13.6. The fraction of sp³-hybridized carbons (Fsp3) is 0.643. The molecule has 0 aliphatic carbocycles. The topological polar surface area (TPSA) is 181 Å². The number of aromatic nitrogens is 2. The van der Waals surface area contributed by atoms with Gasteiger partial charge in [0.15, 0.2) is 0 Å². The number of methoxy groups -OCH3 is 1. The molecule has 3 N–H and O–H groups in total. The quantitative estimate of drug-likeness (QED) is 0.164. The van der Waals surface area contributed by atoms with Crippen LogP contribution < -0.4 is 16.3 Å². The second kappa shape index (κ2) is 9.63. The third-order valence-electron chi connectivity index (χ3n) is 4.19. The summed E-state index contributed by atoms with van der Waals surface area (Å²) >= 11 is 4.97. The second-order valence-electron chi connectivity index (χ2n) is 6.31. The highest BCUT2D eigenvalue weighted by atomic mass is 32.5. The van der Waals surface area contributed by atoms with Crippen molar-refractivity contribution in [1.82, 2.24) is 14.6 Å². The summed E-state index contributed by atoms with van der Waals surface area (Å²) in [6.07, 6.45) is -0.150. The number of rotatable bonds is 8. The average Bonchev–Trinajstić information content (AvgIpc) is 3.05. The summed E-state index contributed by atoms with van der Waals surface area (Å²) in [6.45, 7) is -0.856. The van der Waals surface area contributed by atoms with Gasteiger partial charge in [-0.1, -0.05) is 5.11 Å². The van der Waals surface area contributed by atoms with Gasteiger partial charge in [-0.3, -0.25) is 19.1 Å². The highest BCUT2D eigenvalue weighted by Gasteiger charge is 2.37. The zero-order valence-corrected chi connectivity index (χ0v) is 17.6. The van der Waals surface area contributed by atoms with Crippen LogP contribution in [0.4, 0.5) is 0 Å². The van der Waals surface area contributed by atoms with E-state index in [0.717, 1.165) is 0 Å². The van der Waals surface area contributed by atoms with Crippen LogP contribution in [0.25, 0.3) is 10.4 Å². The third-order valence-corrected chi connectivity index (χ3v) is 6.03. The Morgan fingerprint density at radius 2 is 2.34 bits per heavy atom. The van der Waals surface area contributed by atoms with Crippen molar-refractivity contribution in [3.05, 3.63) is 43.0 Å². The van der Waals surface area contributed by atoms with E-state index in [1.54, 1.807) is 0 Å². The zero-order chi connectivity index (χ0) is 21.8. The second-order valence-corrected chi connectivity index (χ2v) is 9.35. The molecule has 2 rings (SSSR count). The average molecular weight is 448 g/mol. The summed E-state index contributed by atoms with van der Waals surface area (Å²) < 4.78 is 16.8. The summed E-state index contributed by atoms with van der Waals surface area (Å²) in [5.74, 6) is -0.631. The van der Waals surface area contributed by atoms with Crippen molar-refractivity contribution in [2.24, 2.45) is 5.11 Å². The molecule has 0 bridgehead atoms. The number of aromatic amines is 1. The van der Waals surface area contributed by atoms with E-state index in [1.807, 2.05) is 0 Å². The van der Waals surface area contributed by atoms with Gasteiger partial charge in [0, 0.05) is 23.1 Å². The summed E-state index contributed by atoms with van der Waals surface area (Å²) in [4.78, 5) is 50.2. The van der Waals surface area contributed by atoms with E-state index in [2.05, 4.69) is 24.8 Å². The Morgan fingerprint density at radius 1 is 1.66 bits per heavy atom. The predicted molar refractivity (Wildman–Crippen MR) is 105 cm³/mol. The number of hydrogen-bond donors (Lipinski definition) is 3. The summed E-state index contributed by atoms with van der Waals surface area (Å²) in [7, 11) is 1.19. The molecule has 1 saturated heterocycles. The molecule has 0 spiro atoms. The molecule has 1 fully saturated rings. The van der Waals surface area contributed by atoms with Crippen molar-refractivity contribution in [3.63, 3.8) is 0 Å². The van der Waals surface area contributed by atoms with E-state index in [9.17, 15) is 19.3 Å². The number of ether oxygens (including phenoxy) is 2. The van der Waals surface area contributed by atoms with Crippen molar-refractivity contribution in [2.45, 2.75) is 44.7 Å². The van der Waals surface area contributed by atoms with Crippen LogP contribution in [0.3, 0.4) is 0 Å². The molecule has 2 heterocycles. The highest BCUT2D eigenvalue weighted by Crippen LogP contribution is 2.40. The predicted octanol–water partition coefficient (Wildman–Crippen LogP) is 0.196. The Labute approximate surface area is 169 Å². The van der Waals surface area contributed by atoms with Gasteiger partial charge in [-0.25, -0.2) is 9.88 Å². The molecule has 0 saturated carbocycles. The van der Waals surface area contributed by atoms with Gasteiger partial charge >= 0.3 is 11.7 Å². The van der Waals surface area contributed by atoms with Gasteiger partial charge in [-0.05, 0) is 31.2 Å². The molecule has 2 unspecified atom stereocenters. The standard InChI is InChI=1S/C14H21N6O7PS/c1-7-5-20(14(23)16-12(7)21)11-4-9(17-19-15)10(27-11)6-26-28(24,29)18-8(2)13(22)25-3/h5,8-11H,4,6H2,1-3H3,(H,16,21,23)(H2,18,24,29)/t8?,9-,10+,11+,28?/m0/s1. The monoisotopic (exact) mass is 448 g/mol. The Bertz CT molecular complexity index is 974. The minimum Gasteiger partial charge on any atom is -0.468 e. The van der Waals surface area contributed by atoms with Gasteiger partial charge in [0.1, 0.15) is 12.3 Å². The van der Waals surface area contributed by atoms with Crippen LogP contribution in [0.2, 0.25) is 0 Å². The Balaban J connectivity index is 2.12. The molecule has 0 aromatic carbocycles. The fourth-order valence-electron chi connectivity index (χ4n) is 2.71. The first-order valence-corrected chi connectivity index (χ1v) is 11.1. The van der Waals surface area contributed by atoms with Crippen molar-refractivity contribution in [1.29, 1.82) is 0 Å². The van der Waals surface area contributed by atoms with Crippen molar-refractivity contribution >= 4 is 24.4 Å². The Morgan fingerprint density at radius 3 is 2.97 bits per heavy atom. The van der Waals surface area contributed by atoms with Crippen LogP contribution in [0.15, 0.2) is 20.9 Å². The van der Waals surface area contributed by atoms with Crippen molar-refractivity contribution in [3.8, 4) is 0 Å². The molecule has 15 heteroatoms. The molecule has 13 nitrogen and oxygen atoms in total. The van der Waals surface area contributed by atoms with Crippen LogP contribution in [0.5, 0.6) is 0 Å². The van der Waals surface area contributed by atoms with E-state index in [0.29, 0.717) is 5.56 Å². The maximum Gasteiger partial charge on any atom is 0.330 e. The number of carbonyl (C=O) groups is 1. The summed E-state index contributed by atoms with van der Waals surface area (Å²) in [6, 6.07) is -1.61. The number of nitrogens with zero attached hydrogens (tertiary/aromatic N) is 4. The van der Waals surface area contributed by atoms with Crippen LogP contribution in [0.1, 0.15) is 25.1 Å². The largest absolute Gasteiger partial charge is 0.468 e. The van der Waals surface area contributed by atoms with Crippen molar-refractivity contribution < 1.29 is 23.7 Å². The van der Waals surface area contributed by atoms with E-state index in [4.69, 9.17) is 26.6 Å². The van der Waals surface area contributed by atoms with Crippen LogP contribution in [0, 0.1) is 6.92 Å². The van der Waals surface area contributed by atoms with E-state index >= 15 is 0 Å². The highest BCUT2D eigenvalue weighted by molar-refractivity contribution is 8.08. The number of H-pyrrole nitrogens is 1. The lowest BCUT2D eigenvalue weighted by Crippen LogP contribution is -2.34.